The molecule has 0 aliphatic heterocycles. The second kappa shape index (κ2) is 6.47. The summed E-state index contributed by atoms with van der Waals surface area (Å²) in [5.74, 6) is 0.264. The summed E-state index contributed by atoms with van der Waals surface area (Å²) in [5, 5.41) is 21.1. The van der Waals surface area contributed by atoms with E-state index in [1.165, 1.54) is 0 Å². The number of hydrogen-bond acceptors (Lipinski definition) is 7. The van der Waals surface area contributed by atoms with Crippen LogP contribution in [-0.2, 0) is 19.5 Å². The van der Waals surface area contributed by atoms with Crippen LogP contribution in [0.25, 0.3) is 0 Å². The van der Waals surface area contributed by atoms with Gasteiger partial charge in [0.1, 0.15) is 0 Å². The summed E-state index contributed by atoms with van der Waals surface area (Å²) in [6.45, 7) is 2.02. The van der Waals surface area contributed by atoms with E-state index in [-0.39, 0.29) is 29.4 Å². The summed E-state index contributed by atoms with van der Waals surface area (Å²) >= 11 is 1.00. The van der Waals surface area contributed by atoms with Crippen molar-refractivity contribution in [3.05, 3.63) is 0 Å². The fraction of sp³-hybridized carbons (Fsp3) is 1.00. The lowest BCUT2D eigenvalue weighted by atomic mass is 9.64. The van der Waals surface area contributed by atoms with Gasteiger partial charge in [0, 0.05) is 17.3 Å². The van der Waals surface area contributed by atoms with Crippen molar-refractivity contribution >= 4 is 22.2 Å². The molecule has 0 amide bonds. The minimum absolute atomic E-state index is 0.00854. The van der Waals surface area contributed by atoms with Crippen LogP contribution in [0.5, 0.6) is 0 Å². The van der Waals surface area contributed by atoms with E-state index in [2.05, 4.69) is 9.37 Å². The molecule has 118 valence electrons. The molecule has 0 heterocycles. The molecule has 2 aliphatic rings. The van der Waals surface area contributed by atoms with Crippen LogP contribution in [0.15, 0.2) is 0 Å². The third-order valence-electron chi connectivity index (χ3n) is 4.54. The Kier molecular flexibility index (Phi) is 5.33. The van der Waals surface area contributed by atoms with Gasteiger partial charge in [-0.2, -0.15) is 8.42 Å². The number of hydrogen-bond donors (Lipinski definition) is 3. The standard InChI is InChI=1S/C11H20O7S2/c1-6-2-8(19-18-17-13)3-7-4-9(20(14,15)16)5-10(12)11(6)7/h6-13H,2-5H2,1H3,(H,14,15,16). The Labute approximate surface area is 122 Å². The first-order chi connectivity index (χ1) is 9.32. The molecule has 0 radical (unpaired) electrons. The topological polar surface area (TPSA) is 113 Å². The van der Waals surface area contributed by atoms with Gasteiger partial charge in [-0.25, -0.2) is 5.26 Å². The lowest BCUT2D eigenvalue weighted by molar-refractivity contribution is -0.432. The van der Waals surface area contributed by atoms with E-state index in [4.69, 9.17) is 5.26 Å². The maximum absolute atomic E-state index is 11.3. The summed E-state index contributed by atoms with van der Waals surface area (Å²) in [4.78, 5) is 0. The van der Waals surface area contributed by atoms with Crippen LogP contribution >= 0.6 is 12.0 Å². The summed E-state index contributed by atoms with van der Waals surface area (Å²) in [5.41, 5.74) is 0. The van der Waals surface area contributed by atoms with Crippen LogP contribution in [0.3, 0.4) is 0 Å². The van der Waals surface area contributed by atoms with Crippen LogP contribution in [0.2, 0.25) is 0 Å². The molecule has 2 aliphatic carbocycles. The highest BCUT2D eigenvalue weighted by Gasteiger charge is 2.47. The first-order valence-corrected chi connectivity index (χ1v) is 8.91. The Morgan fingerprint density at radius 3 is 2.50 bits per heavy atom. The van der Waals surface area contributed by atoms with E-state index in [1.807, 2.05) is 6.92 Å². The molecule has 9 heteroatoms. The zero-order chi connectivity index (χ0) is 14.9. The number of rotatable bonds is 4. The zero-order valence-corrected chi connectivity index (χ0v) is 12.7. The predicted octanol–water partition coefficient (Wildman–Crippen LogP) is 1.50. The van der Waals surface area contributed by atoms with Crippen molar-refractivity contribution in [2.45, 2.75) is 49.2 Å². The molecule has 2 rings (SSSR count). The Hall–Kier alpha value is 0.1000. The highest BCUT2D eigenvalue weighted by atomic mass is 32.2. The second-order valence-corrected chi connectivity index (χ2v) is 8.51. The number of aliphatic hydroxyl groups excluding tert-OH is 1. The zero-order valence-electron chi connectivity index (χ0n) is 11.1. The van der Waals surface area contributed by atoms with Crippen molar-refractivity contribution in [3.63, 3.8) is 0 Å². The summed E-state index contributed by atoms with van der Waals surface area (Å²) in [6.07, 6.45) is 1.19. The molecule has 0 aromatic heterocycles. The molecule has 0 saturated heterocycles. The second-order valence-electron chi connectivity index (χ2n) is 5.82. The van der Waals surface area contributed by atoms with Crippen LogP contribution in [0.1, 0.15) is 32.6 Å². The van der Waals surface area contributed by atoms with Crippen molar-refractivity contribution < 1.29 is 32.7 Å². The van der Waals surface area contributed by atoms with Gasteiger partial charge in [-0.05, 0) is 43.4 Å². The van der Waals surface area contributed by atoms with Gasteiger partial charge in [0.2, 0.25) is 0 Å². The Morgan fingerprint density at radius 2 is 1.90 bits per heavy atom. The fourth-order valence-corrected chi connectivity index (χ4v) is 5.61. The van der Waals surface area contributed by atoms with E-state index < -0.39 is 21.5 Å². The highest BCUT2D eigenvalue weighted by Crippen LogP contribution is 2.47. The molecule has 2 saturated carbocycles. The molecule has 3 N–H and O–H groups in total. The smallest absolute Gasteiger partial charge is 0.267 e. The lowest BCUT2D eigenvalue weighted by Gasteiger charge is -2.46. The Morgan fingerprint density at radius 1 is 1.20 bits per heavy atom. The quantitative estimate of drug-likeness (QED) is 0.308. The Balaban J connectivity index is 2.08. The van der Waals surface area contributed by atoms with Crippen molar-refractivity contribution in [3.8, 4) is 0 Å². The van der Waals surface area contributed by atoms with Crippen LogP contribution in [0.4, 0.5) is 0 Å². The van der Waals surface area contributed by atoms with Gasteiger partial charge in [0.15, 0.2) is 0 Å². The van der Waals surface area contributed by atoms with Gasteiger partial charge in [-0.15, -0.1) is 4.33 Å². The van der Waals surface area contributed by atoms with Crippen LogP contribution in [-0.4, -0.2) is 39.9 Å². The summed E-state index contributed by atoms with van der Waals surface area (Å²) < 4.78 is 36.3. The van der Waals surface area contributed by atoms with Gasteiger partial charge < -0.3 is 5.11 Å². The van der Waals surface area contributed by atoms with Gasteiger partial charge in [0.05, 0.1) is 11.4 Å². The van der Waals surface area contributed by atoms with E-state index >= 15 is 0 Å². The molecular weight excluding hydrogens is 308 g/mol. The van der Waals surface area contributed by atoms with Crippen molar-refractivity contribution in [1.82, 2.24) is 0 Å². The molecule has 0 aromatic carbocycles. The first kappa shape index (κ1) is 16.5. The minimum Gasteiger partial charge on any atom is -0.393 e. The van der Waals surface area contributed by atoms with Crippen molar-refractivity contribution in [2.24, 2.45) is 17.8 Å². The maximum Gasteiger partial charge on any atom is 0.267 e. The molecule has 0 bridgehead atoms. The van der Waals surface area contributed by atoms with Gasteiger partial charge >= 0.3 is 0 Å². The van der Waals surface area contributed by atoms with Gasteiger partial charge in [0.25, 0.3) is 10.1 Å². The SMILES string of the molecule is CC1CC(SOOO)CC2CC(S(=O)(=O)O)CC(O)C12. The van der Waals surface area contributed by atoms with Gasteiger partial charge in [-0.1, -0.05) is 12.0 Å². The maximum atomic E-state index is 11.3. The molecule has 7 nitrogen and oxygen atoms in total. The minimum atomic E-state index is -4.12. The molecule has 20 heavy (non-hydrogen) atoms. The Bertz CT molecular complexity index is 426. The molecule has 2 fully saturated rings. The molecular formula is C11H20O7S2. The van der Waals surface area contributed by atoms with Gasteiger partial charge in [-0.3, -0.25) is 4.55 Å². The largest absolute Gasteiger partial charge is 0.393 e. The predicted molar refractivity (Wildman–Crippen MR) is 72.1 cm³/mol. The molecule has 0 spiro atoms. The highest BCUT2D eigenvalue weighted by molar-refractivity contribution is 7.95. The van der Waals surface area contributed by atoms with Crippen molar-refractivity contribution in [2.75, 3.05) is 0 Å². The lowest BCUT2D eigenvalue weighted by Crippen LogP contribution is -2.48. The molecule has 6 atom stereocenters. The number of aliphatic hydroxyl groups is 1. The third kappa shape index (κ3) is 3.65. The van der Waals surface area contributed by atoms with Crippen LogP contribution in [0, 0.1) is 17.8 Å². The summed E-state index contributed by atoms with van der Waals surface area (Å²) in [7, 11) is -4.12. The number of fused-ring (bicyclic) bond motifs is 1. The van der Waals surface area contributed by atoms with Crippen molar-refractivity contribution in [1.29, 1.82) is 0 Å². The molecule has 0 aromatic rings. The van der Waals surface area contributed by atoms with E-state index in [1.54, 1.807) is 0 Å². The van der Waals surface area contributed by atoms with E-state index in [9.17, 15) is 18.1 Å². The van der Waals surface area contributed by atoms with E-state index in [0.29, 0.717) is 12.8 Å². The normalized spacial score (nSPS) is 42.2. The first-order valence-electron chi connectivity index (χ1n) is 6.60. The third-order valence-corrected chi connectivity index (χ3v) is 6.57. The van der Waals surface area contributed by atoms with E-state index in [0.717, 1.165) is 18.5 Å². The van der Waals surface area contributed by atoms with Crippen LogP contribution < -0.4 is 0 Å². The monoisotopic (exact) mass is 328 g/mol. The molecule has 6 unspecified atom stereocenters. The summed E-state index contributed by atoms with van der Waals surface area (Å²) in [6, 6.07) is 0. The average molecular weight is 328 g/mol. The average Bonchev–Trinajstić information content (AvgIpc) is 2.34. The fourth-order valence-electron chi connectivity index (χ4n) is 3.83.